The number of halogens is 2. The lowest BCUT2D eigenvalue weighted by molar-refractivity contribution is 0.0871. The van der Waals surface area contributed by atoms with Gasteiger partial charge in [0.2, 0.25) is 0 Å². The molecule has 2 aromatic carbocycles. The molecule has 0 N–H and O–H groups in total. The molecule has 4 nitrogen and oxygen atoms in total. The van der Waals surface area contributed by atoms with Crippen LogP contribution in [0.2, 0.25) is 5.02 Å². The summed E-state index contributed by atoms with van der Waals surface area (Å²) in [6.45, 7) is 6.82. The van der Waals surface area contributed by atoms with Crippen molar-refractivity contribution in [1.29, 1.82) is 0 Å². The number of aryl methyl sites for hydroxylation is 2. The van der Waals surface area contributed by atoms with Gasteiger partial charge in [-0.3, -0.25) is 4.90 Å². The van der Waals surface area contributed by atoms with E-state index in [0.717, 1.165) is 27.8 Å². The first kappa shape index (κ1) is 18.0. The number of hydrogen-bond donors (Lipinski definition) is 0. The molecular weight excluding hydrogens is 369 g/mol. The second-order valence-corrected chi connectivity index (χ2v) is 7.37. The highest BCUT2D eigenvalue weighted by Crippen LogP contribution is 2.36. The van der Waals surface area contributed by atoms with Crippen LogP contribution < -0.4 is 10.4 Å². The van der Waals surface area contributed by atoms with Crippen molar-refractivity contribution in [3.63, 3.8) is 0 Å². The Kier molecular flexibility index (Phi) is 4.44. The molecule has 0 spiro atoms. The number of nitrogens with zero attached hydrogens (tertiary/aromatic N) is 1. The van der Waals surface area contributed by atoms with E-state index in [1.165, 1.54) is 6.07 Å². The van der Waals surface area contributed by atoms with Crippen molar-refractivity contribution in [3.05, 3.63) is 73.3 Å². The molecule has 140 valence electrons. The van der Waals surface area contributed by atoms with Gasteiger partial charge in [0.05, 0.1) is 0 Å². The third-order valence-electron chi connectivity index (χ3n) is 5.23. The zero-order chi connectivity index (χ0) is 19.3. The molecule has 1 aliphatic heterocycles. The third-order valence-corrected chi connectivity index (χ3v) is 5.59. The Labute approximate surface area is 161 Å². The van der Waals surface area contributed by atoms with E-state index in [1.807, 2.05) is 24.8 Å². The molecule has 0 aliphatic carbocycles. The Bertz CT molecular complexity index is 1100. The minimum Gasteiger partial charge on any atom is -0.477 e. The fraction of sp³-hybridized carbons (Fsp3) is 0.286. The Morgan fingerprint density at radius 3 is 2.70 bits per heavy atom. The Morgan fingerprint density at radius 1 is 1.19 bits per heavy atom. The van der Waals surface area contributed by atoms with Crippen LogP contribution in [-0.4, -0.2) is 11.6 Å². The number of hydrogen-bond acceptors (Lipinski definition) is 4. The molecule has 6 heteroatoms. The van der Waals surface area contributed by atoms with Gasteiger partial charge in [0, 0.05) is 45.8 Å². The minimum atomic E-state index is -0.324. The lowest BCUT2D eigenvalue weighted by Crippen LogP contribution is -2.32. The van der Waals surface area contributed by atoms with Gasteiger partial charge in [0.15, 0.2) is 0 Å². The molecule has 0 fully saturated rings. The van der Waals surface area contributed by atoms with Crippen molar-refractivity contribution in [2.45, 2.75) is 33.9 Å². The highest BCUT2D eigenvalue weighted by Gasteiger charge is 2.24. The molecule has 0 saturated carbocycles. The van der Waals surface area contributed by atoms with Crippen molar-refractivity contribution in [1.82, 2.24) is 4.90 Å². The maximum atomic E-state index is 14.1. The summed E-state index contributed by atoms with van der Waals surface area (Å²) in [6, 6.07) is 6.69. The topological polar surface area (TPSA) is 42.7 Å². The summed E-state index contributed by atoms with van der Waals surface area (Å²) >= 11 is 6.16. The van der Waals surface area contributed by atoms with Crippen molar-refractivity contribution < 1.29 is 13.5 Å². The monoisotopic (exact) mass is 387 g/mol. The molecule has 1 aliphatic rings. The average molecular weight is 388 g/mol. The largest absolute Gasteiger partial charge is 0.477 e. The molecule has 0 atom stereocenters. The summed E-state index contributed by atoms with van der Waals surface area (Å²) in [5.74, 6) is 0.404. The van der Waals surface area contributed by atoms with E-state index in [4.69, 9.17) is 20.8 Å². The van der Waals surface area contributed by atoms with Gasteiger partial charge < -0.3 is 9.15 Å². The highest BCUT2D eigenvalue weighted by atomic mass is 35.5. The van der Waals surface area contributed by atoms with Gasteiger partial charge in [-0.05, 0) is 44.5 Å². The molecule has 0 unspecified atom stereocenters. The quantitative estimate of drug-likeness (QED) is 0.589. The molecule has 3 aromatic rings. The van der Waals surface area contributed by atoms with Crippen LogP contribution in [0.15, 0.2) is 33.5 Å². The third kappa shape index (κ3) is 3.01. The van der Waals surface area contributed by atoms with E-state index in [0.29, 0.717) is 41.6 Å². The molecule has 0 radical (unpaired) electrons. The number of rotatable bonds is 2. The van der Waals surface area contributed by atoms with Crippen molar-refractivity contribution in [3.8, 4) is 5.75 Å². The Balaban J connectivity index is 1.74. The smallest absolute Gasteiger partial charge is 0.339 e. The van der Waals surface area contributed by atoms with Crippen LogP contribution in [-0.2, 0) is 13.1 Å². The summed E-state index contributed by atoms with van der Waals surface area (Å²) in [5, 5.41) is 1.31. The van der Waals surface area contributed by atoms with Gasteiger partial charge in [0.1, 0.15) is 23.9 Å². The van der Waals surface area contributed by atoms with Crippen LogP contribution >= 0.6 is 11.6 Å². The Hall–Kier alpha value is -2.37. The van der Waals surface area contributed by atoms with Crippen LogP contribution in [0.25, 0.3) is 11.0 Å². The number of benzene rings is 2. The maximum Gasteiger partial charge on any atom is 0.339 e. The number of ether oxygens (including phenoxy) is 1. The maximum absolute atomic E-state index is 14.1. The van der Waals surface area contributed by atoms with Crippen LogP contribution in [0.4, 0.5) is 4.39 Å². The summed E-state index contributed by atoms with van der Waals surface area (Å²) in [6.07, 6.45) is 0. The molecule has 0 bridgehead atoms. The van der Waals surface area contributed by atoms with Crippen LogP contribution in [0.1, 0.15) is 27.8 Å². The number of fused-ring (bicyclic) bond motifs is 2. The fourth-order valence-electron chi connectivity index (χ4n) is 3.56. The molecule has 0 saturated heterocycles. The van der Waals surface area contributed by atoms with Gasteiger partial charge in [-0.25, -0.2) is 9.18 Å². The van der Waals surface area contributed by atoms with Crippen LogP contribution in [0.5, 0.6) is 5.75 Å². The fourth-order valence-corrected chi connectivity index (χ4v) is 3.78. The van der Waals surface area contributed by atoms with Crippen molar-refractivity contribution >= 4 is 22.6 Å². The minimum absolute atomic E-state index is 0.305. The zero-order valence-corrected chi connectivity index (χ0v) is 16.1. The second kappa shape index (κ2) is 6.66. The van der Waals surface area contributed by atoms with Crippen LogP contribution in [0.3, 0.4) is 0 Å². The van der Waals surface area contributed by atoms with E-state index in [9.17, 15) is 9.18 Å². The predicted molar refractivity (Wildman–Crippen MR) is 103 cm³/mol. The van der Waals surface area contributed by atoms with E-state index in [1.54, 1.807) is 19.1 Å². The first-order valence-corrected chi connectivity index (χ1v) is 9.09. The first-order chi connectivity index (χ1) is 12.9. The van der Waals surface area contributed by atoms with E-state index >= 15 is 0 Å². The summed E-state index contributed by atoms with van der Waals surface area (Å²) in [5.41, 5.74) is 4.00. The van der Waals surface area contributed by atoms with Gasteiger partial charge in [-0.2, -0.15) is 0 Å². The van der Waals surface area contributed by atoms with Gasteiger partial charge in [-0.1, -0.05) is 17.7 Å². The lowest BCUT2D eigenvalue weighted by Gasteiger charge is -2.30. The molecular formula is C21H19ClFNO3. The van der Waals surface area contributed by atoms with Gasteiger partial charge >= 0.3 is 5.63 Å². The first-order valence-electron chi connectivity index (χ1n) is 8.71. The van der Waals surface area contributed by atoms with Crippen molar-refractivity contribution in [2.75, 3.05) is 6.73 Å². The van der Waals surface area contributed by atoms with Crippen molar-refractivity contribution in [2.24, 2.45) is 0 Å². The Morgan fingerprint density at radius 2 is 1.96 bits per heavy atom. The molecule has 27 heavy (non-hydrogen) atoms. The zero-order valence-electron chi connectivity index (χ0n) is 15.4. The standard InChI is InChI=1S/C21H19ClFNO3/c1-11-12(2)21(25)27-20-13(3)19-14(7-15(11)20)8-24(10-26-19)9-16-17(22)5-4-6-18(16)23/h4-7H,8-10H2,1-3H3. The lowest BCUT2D eigenvalue weighted by atomic mass is 9.99. The van der Waals surface area contributed by atoms with E-state index < -0.39 is 0 Å². The second-order valence-electron chi connectivity index (χ2n) is 6.97. The van der Waals surface area contributed by atoms with E-state index in [2.05, 4.69) is 0 Å². The highest BCUT2D eigenvalue weighted by molar-refractivity contribution is 6.31. The van der Waals surface area contributed by atoms with Crippen LogP contribution in [0, 0.1) is 26.6 Å². The normalized spacial score (nSPS) is 14.3. The van der Waals surface area contributed by atoms with Gasteiger partial charge in [-0.15, -0.1) is 0 Å². The van der Waals surface area contributed by atoms with Gasteiger partial charge in [0.25, 0.3) is 0 Å². The molecule has 2 heterocycles. The summed E-state index contributed by atoms with van der Waals surface area (Å²) in [7, 11) is 0. The summed E-state index contributed by atoms with van der Waals surface area (Å²) < 4.78 is 25.6. The molecule has 1 aromatic heterocycles. The average Bonchev–Trinajstić information content (AvgIpc) is 2.64. The summed E-state index contributed by atoms with van der Waals surface area (Å²) in [4.78, 5) is 14.0. The predicted octanol–water partition coefficient (Wildman–Crippen LogP) is 4.86. The van der Waals surface area contributed by atoms with E-state index in [-0.39, 0.29) is 11.4 Å². The molecule has 4 rings (SSSR count). The SMILES string of the molecule is Cc1c(C)c2cc3c(c(C)c2oc1=O)OCN(Cc1c(F)cccc1Cl)C3. The molecule has 0 amide bonds.